The summed E-state index contributed by atoms with van der Waals surface area (Å²) >= 11 is 0. The zero-order valence-corrected chi connectivity index (χ0v) is 13.0. The molecule has 1 N–H and O–H groups in total. The molecule has 1 aliphatic carbocycles. The summed E-state index contributed by atoms with van der Waals surface area (Å²) in [4.78, 5) is 4.77. The predicted octanol–water partition coefficient (Wildman–Crippen LogP) is 3.41. The van der Waals surface area contributed by atoms with E-state index in [9.17, 15) is 0 Å². The van der Waals surface area contributed by atoms with Gasteiger partial charge in [0.25, 0.3) is 0 Å². The van der Waals surface area contributed by atoms with Crippen LogP contribution in [0.5, 0.6) is 0 Å². The smallest absolute Gasteiger partial charge is 0.106 e. The molecule has 2 rings (SSSR count). The van der Waals surface area contributed by atoms with Gasteiger partial charge >= 0.3 is 0 Å². The summed E-state index contributed by atoms with van der Waals surface area (Å²) in [5.41, 5.74) is 2.86. The average Bonchev–Trinajstić information content (AvgIpc) is 2.75. The summed E-state index contributed by atoms with van der Waals surface area (Å²) in [6.07, 6.45) is 7.45. The van der Waals surface area contributed by atoms with E-state index in [1.54, 1.807) is 0 Å². The van der Waals surface area contributed by atoms with Gasteiger partial charge in [-0.3, -0.25) is 0 Å². The molecule has 3 heteroatoms. The summed E-state index contributed by atoms with van der Waals surface area (Å²) in [5, 5.41) is 3.69. The molecule has 1 aromatic rings. The Morgan fingerprint density at radius 2 is 1.89 bits per heavy atom. The quantitative estimate of drug-likeness (QED) is 0.852. The Labute approximate surface area is 117 Å². The monoisotopic (exact) mass is 263 g/mol. The van der Waals surface area contributed by atoms with Gasteiger partial charge < -0.3 is 9.88 Å². The lowest BCUT2D eigenvalue weighted by atomic mass is 10.0. The maximum absolute atomic E-state index is 4.77. The molecule has 0 amide bonds. The van der Waals surface area contributed by atoms with Gasteiger partial charge in [-0.1, -0.05) is 13.8 Å². The van der Waals surface area contributed by atoms with Crippen molar-refractivity contribution < 1.29 is 0 Å². The van der Waals surface area contributed by atoms with Gasteiger partial charge in [0, 0.05) is 24.3 Å². The van der Waals surface area contributed by atoms with Crippen LogP contribution < -0.4 is 5.32 Å². The lowest BCUT2D eigenvalue weighted by Gasteiger charge is -2.23. The highest BCUT2D eigenvalue weighted by Gasteiger charge is 2.21. The number of aryl methyl sites for hydroxylation is 2. The third-order valence-electron chi connectivity index (χ3n) is 4.47. The van der Waals surface area contributed by atoms with Crippen LogP contribution in [0.3, 0.4) is 0 Å². The van der Waals surface area contributed by atoms with Crippen molar-refractivity contribution in [2.24, 2.45) is 0 Å². The van der Waals surface area contributed by atoms with Gasteiger partial charge in [-0.15, -0.1) is 0 Å². The van der Waals surface area contributed by atoms with Crippen LogP contribution in [0.2, 0.25) is 0 Å². The molecule has 108 valence electrons. The van der Waals surface area contributed by atoms with Crippen molar-refractivity contribution in [2.75, 3.05) is 6.54 Å². The minimum atomic E-state index is 0.509. The molecule has 0 fully saturated rings. The summed E-state index contributed by atoms with van der Waals surface area (Å²) in [6.45, 7) is 10.0. The van der Waals surface area contributed by atoms with E-state index in [0.717, 1.165) is 6.54 Å². The summed E-state index contributed by atoms with van der Waals surface area (Å²) in [7, 11) is 0. The van der Waals surface area contributed by atoms with E-state index in [1.165, 1.54) is 55.7 Å². The Bertz CT molecular complexity index is 404. The van der Waals surface area contributed by atoms with Gasteiger partial charge in [0.2, 0.25) is 0 Å². The first-order valence-corrected chi connectivity index (χ1v) is 7.97. The first-order chi connectivity index (χ1) is 9.17. The van der Waals surface area contributed by atoms with Crippen LogP contribution in [-0.2, 0) is 12.8 Å². The Morgan fingerprint density at radius 3 is 2.58 bits per heavy atom. The maximum atomic E-state index is 4.77. The fourth-order valence-electron chi connectivity index (χ4n) is 3.29. The second-order valence-corrected chi connectivity index (χ2v) is 5.90. The van der Waals surface area contributed by atoms with E-state index < -0.39 is 0 Å². The predicted molar refractivity (Wildman–Crippen MR) is 80.7 cm³/mol. The summed E-state index contributed by atoms with van der Waals surface area (Å²) < 4.78 is 2.48. The average molecular weight is 263 g/mol. The van der Waals surface area contributed by atoms with Crippen LogP contribution >= 0.6 is 0 Å². The topological polar surface area (TPSA) is 29.9 Å². The van der Waals surface area contributed by atoms with Gasteiger partial charge in [-0.2, -0.15) is 0 Å². The zero-order valence-electron chi connectivity index (χ0n) is 13.0. The van der Waals surface area contributed by atoms with Crippen LogP contribution in [0.4, 0.5) is 0 Å². The molecular formula is C16H29N3. The minimum absolute atomic E-state index is 0.509. The van der Waals surface area contributed by atoms with Crippen molar-refractivity contribution in [3.63, 3.8) is 0 Å². The molecule has 0 bridgehead atoms. The van der Waals surface area contributed by atoms with Crippen molar-refractivity contribution in [3.8, 4) is 0 Å². The molecule has 0 saturated carbocycles. The van der Waals surface area contributed by atoms with Crippen LogP contribution in [0.25, 0.3) is 0 Å². The van der Waals surface area contributed by atoms with E-state index in [0.29, 0.717) is 12.1 Å². The fourth-order valence-corrected chi connectivity index (χ4v) is 3.29. The van der Waals surface area contributed by atoms with E-state index in [1.807, 2.05) is 0 Å². The van der Waals surface area contributed by atoms with Gasteiger partial charge in [0.1, 0.15) is 5.82 Å². The number of fused-ring (bicyclic) bond motifs is 1. The number of nitrogens with zero attached hydrogens (tertiary/aromatic N) is 2. The molecule has 1 unspecified atom stereocenters. The minimum Gasteiger partial charge on any atom is -0.328 e. The van der Waals surface area contributed by atoms with E-state index >= 15 is 0 Å². The lowest BCUT2D eigenvalue weighted by molar-refractivity contribution is 0.409. The molecule has 0 spiro atoms. The number of rotatable bonds is 6. The van der Waals surface area contributed by atoms with Crippen molar-refractivity contribution >= 4 is 0 Å². The van der Waals surface area contributed by atoms with Gasteiger partial charge in [0.05, 0.1) is 5.69 Å². The highest BCUT2D eigenvalue weighted by molar-refractivity contribution is 5.20. The molecule has 0 saturated heterocycles. The van der Waals surface area contributed by atoms with Crippen molar-refractivity contribution in [3.05, 3.63) is 17.2 Å². The number of hydrogen-bond acceptors (Lipinski definition) is 2. The van der Waals surface area contributed by atoms with Gasteiger partial charge in [-0.05, 0) is 52.4 Å². The molecule has 0 aromatic carbocycles. The molecule has 1 atom stereocenters. The Hall–Kier alpha value is -0.830. The fraction of sp³-hybridized carbons (Fsp3) is 0.812. The lowest BCUT2D eigenvalue weighted by Crippen LogP contribution is -2.33. The Kier molecular flexibility index (Phi) is 5.03. The molecule has 19 heavy (non-hydrogen) atoms. The second kappa shape index (κ2) is 6.56. The zero-order chi connectivity index (χ0) is 13.8. The highest BCUT2D eigenvalue weighted by atomic mass is 15.1. The second-order valence-electron chi connectivity index (χ2n) is 5.90. The standard InChI is InChI=1S/C16H29N3/c1-5-14(6-2)17-11-12(3)19-13(4)18-15-9-7-8-10-16(15)19/h12,14,17H,5-11H2,1-4H3. The first kappa shape index (κ1) is 14.6. The van der Waals surface area contributed by atoms with Gasteiger partial charge in [-0.25, -0.2) is 4.98 Å². The van der Waals surface area contributed by atoms with E-state index in [2.05, 4.69) is 37.6 Å². The molecular weight excluding hydrogens is 234 g/mol. The van der Waals surface area contributed by atoms with Crippen molar-refractivity contribution in [1.29, 1.82) is 0 Å². The molecule has 3 nitrogen and oxygen atoms in total. The normalized spacial score (nSPS) is 16.7. The van der Waals surface area contributed by atoms with Crippen LogP contribution in [-0.4, -0.2) is 22.1 Å². The van der Waals surface area contributed by atoms with Crippen LogP contribution in [0.15, 0.2) is 0 Å². The molecule has 1 aliphatic rings. The van der Waals surface area contributed by atoms with Crippen molar-refractivity contribution in [2.45, 2.75) is 78.3 Å². The number of aromatic nitrogens is 2. The number of imidazole rings is 1. The molecule has 0 radical (unpaired) electrons. The highest BCUT2D eigenvalue weighted by Crippen LogP contribution is 2.25. The Morgan fingerprint density at radius 1 is 1.21 bits per heavy atom. The van der Waals surface area contributed by atoms with E-state index in [4.69, 9.17) is 4.98 Å². The van der Waals surface area contributed by atoms with E-state index in [-0.39, 0.29) is 0 Å². The SMILES string of the molecule is CCC(CC)NCC(C)n1c(C)nc2c1CCCC2. The third-order valence-corrected chi connectivity index (χ3v) is 4.47. The van der Waals surface area contributed by atoms with Crippen LogP contribution in [0.1, 0.15) is 69.7 Å². The first-order valence-electron chi connectivity index (χ1n) is 7.97. The summed E-state index contributed by atoms with van der Waals surface area (Å²) in [5.74, 6) is 1.20. The maximum Gasteiger partial charge on any atom is 0.106 e. The van der Waals surface area contributed by atoms with Crippen LogP contribution in [0, 0.1) is 6.92 Å². The molecule has 1 heterocycles. The molecule has 1 aromatic heterocycles. The summed E-state index contributed by atoms with van der Waals surface area (Å²) in [6, 6.07) is 1.16. The van der Waals surface area contributed by atoms with Gasteiger partial charge in [0.15, 0.2) is 0 Å². The number of nitrogens with one attached hydrogen (secondary N) is 1. The number of hydrogen-bond donors (Lipinski definition) is 1. The third kappa shape index (κ3) is 3.19. The molecule has 0 aliphatic heterocycles. The largest absolute Gasteiger partial charge is 0.328 e. The van der Waals surface area contributed by atoms with Crippen molar-refractivity contribution in [1.82, 2.24) is 14.9 Å². The Balaban J connectivity index is 2.06.